The van der Waals surface area contributed by atoms with Gasteiger partial charge in [-0.05, 0) is 41.3 Å². The first kappa shape index (κ1) is 20.7. The van der Waals surface area contributed by atoms with Crippen LogP contribution < -0.4 is 0 Å². The number of hydrogen-bond acceptors (Lipinski definition) is 5. The number of oxime groups is 1. The average molecular weight is 412 g/mol. The molecule has 1 aliphatic carbocycles. The molecule has 0 aliphatic heterocycles. The van der Waals surface area contributed by atoms with Crippen LogP contribution in [0.25, 0.3) is 11.6 Å². The normalized spacial score (nSPS) is 13.6. The summed E-state index contributed by atoms with van der Waals surface area (Å²) in [4.78, 5) is 17.7. The maximum Gasteiger partial charge on any atom is 0.341 e. The third-order valence-electron chi connectivity index (χ3n) is 4.68. The number of benzene rings is 2. The van der Waals surface area contributed by atoms with E-state index in [4.69, 9.17) is 25.9 Å². The zero-order valence-corrected chi connectivity index (χ0v) is 17.3. The highest BCUT2D eigenvalue weighted by molar-refractivity contribution is 6.32. The molecule has 0 fully saturated rings. The highest BCUT2D eigenvalue weighted by Gasteiger charge is 2.18. The summed E-state index contributed by atoms with van der Waals surface area (Å²) in [5, 5.41) is 5.00. The molecule has 3 rings (SSSR count). The van der Waals surface area contributed by atoms with Gasteiger partial charge in [-0.15, -0.1) is 0 Å². The molecule has 2 aromatic carbocycles. The Balaban J connectivity index is 1.74. The molecule has 29 heavy (non-hydrogen) atoms. The number of halogens is 1. The molecule has 0 bridgehead atoms. The molecule has 0 atom stereocenters. The number of nitrogens with zero attached hydrogens (tertiary/aromatic N) is 1. The molecule has 0 amide bonds. The summed E-state index contributed by atoms with van der Waals surface area (Å²) in [6.45, 7) is 2.11. The zero-order chi connectivity index (χ0) is 20.8. The summed E-state index contributed by atoms with van der Waals surface area (Å²) in [5.41, 5.74) is 5.86. The van der Waals surface area contributed by atoms with E-state index in [1.54, 1.807) is 0 Å². The van der Waals surface area contributed by atoms with Gasteiger partial charge in [0.05, 0.1) is 26.2 Å². The van der Waals surface area contributed by atoms with Crippen molar-refractivity contribution in [1.29, 1.82) is 0 Å². The Kier molecular flexibility index (Phi) is 6.73. The average Bonchev–Trinajstić information content (AvgIpc) is 3.18. The lowest BCUT2D eigenvalue weighted by Gasteiger charge is -2.11. The second-order valence-corrected chi connectivity index (χ2v) is 6.93. The lowest BCUT2D eigenvalue weighted by molar-refractivity contribution is -0.133. The minimum absolute atomic E-state index is 0.201. The predicted octanol–water partition coefficient (Wildman–Crippen LogP) is 5.03. The predicted molar refractivity (Wildman–Crippen MR) is 114 cm³/mol. The van der Waals surface area contributed by atoms with E-state index in [9.17, 15) is 4.79 Å². The molecular weight excluding hydrogens is 390 g/mol. The fourth-order valence-corrected chi connectivity index (χ4v) is 3.42. The standard InChI is InChI=1S/C23H22ClNO4/c1-15(18-11-16-8-6-10-22(24)20(16)12-18)25-29-13-17-7-4-5-9-19(17)21(14-27-2)23(26)28-3/h4-10,12,14H,11,13H2,1-3H3/b21-14+,25-15+. The third-order valence-corrected chi connectivity index (χ3v) is 5.01. The van der Waals surface area contributed by atoms with Gasteiger partial charge in [0.15, 0.2) is 0 Å². The molecule has 5 nitrogen and oxygen atoms in total. The first-order chi connectivity index (χ1) is 14.0. The number of esters is 1. The maximum absolute atomic E-state index is 12.1. The van der Waals surface area contributed by atoms with Gasteiger partial charge >= 0.3 is 5.97 Å². The quantitative estimate of drug-likeness (QED) is 0.211. The molecule has 0 radical (unpaired) electrons. The van der Waals surface area contributed by atoms with Gasteiger partial charge < -0.3 is 14.3 Å². The second kappa shape index (κ2) is 9.43. The van der Waals surface area contributed by atoms with Crippen molar-refractivity contribution in [3.8, 4) is 0 Å². The minimum atomic E-state index is -0.482. The molecule has 2 aromatic rings. The monoisotopic (exact) mass is 411 g/mol. The number of fused-ring (bicyclic) bond motifs is 1. The molecule has 0 saturated heterocycles. The van der Waals surface area contributed by atoms with Gasteiger partial charge in [-0.2, -0.15) is 0 Å². The van der Waals surface area contributed by atoms with Gasteiger partial charge in [-0.3, -0.25) is 0 Å². The van der Waals surface area contributed by atoms with Crippen LogP contribution in [0.5, 0.6) is 0 Å². The Hall–Kier alpha value is -3.05. The molecule has 0 saturated carbocycles. The number of methoxy groups -OCH3 is 2. The summed E-state index contributed by atoms with van der Waals surface area (Å²) < 4.78 is 9.89. The Morgan fingerprint density at radius 3 is 2.69 bits per heavy atom. The van der Waals surface area contributed by atoms with Crippen molar-refractivity contribution in [2.45, 2.75) is 20.0 Å². The molecule has 1 aliphatic rings. The molecule has 6 heteroatoms. The van der Waals surface area contributed by atoms with E-state index in [0.717, 1.165) is 33.9 Å². The van der Waals surface area contributed by atoms with Crippen LogP contribution in [-0.2, 0) is 32.1 Å². The van der Waals surface area contributed by atoms with Crippen molar-refractivity contribution >= 4 is 34.9 Å². The highest BCUT2D eigenvalue weighted by atomic mass is 35.5. The van der Waals surface area contributed by atoms with Crippen molar-refractivity contribution in [3.05, 3.63) is 81.6 Å². The Bertz CT molecular complexity index is 1010. The molecule has 150 valence electrons. The first-order valence-electron chi connectivity index (χ1n) is 9.09. The highest BCUT2D eigenvalue weighted by Crippen LogP contribution is 2.31. The van der Waals surface area contributed by atoms with E-state index in [0.29, 0.717) is 11.1 Å². The van der Waals surface area contributed by atoms with Crippen molar-refractivity contribution < 1.29 is 19.1 Å². The van der Waals surface area contributed by atoms with Crippen molar-refractivity contribution in [1.82, 2.24) is 0 Å². The number of hydrogen-bond donors (Lipinski definition) is 0. The number of rotatable bonds is 7. The number of carbonyl (C=O) groups excluding carboxylic acids is 1. The van der Waals surface area contributed by atoms with Crippen LogP contribution >= 0.6 is 11.6 Å². The van der Waals surface area contributed by atoms with E-state index >= 15 is 0 Å². The van der Waals surface area contributed by atoms with Gasteiger partial charge in [0.1, 0.15) is 12.2 Å². The van der Waals surface area contributed by atoms with Gasteiger partial charge in [0, 0.05) is 17.0 Å². The second-order valence-electron chi connectivity index (χ2n) is 6.53. The van der Waals surface area contributed by atoms with Crippen LogP contribution in [-0.4, -0.2) is 25.9 Å². The summed E-state index contributed by atoms with van der Waals surface area (Å²) in [7, 11) is 2.81. The number of carbonyl (C=O) groups is 1. The van der Waals surface area contributed by atoms with Crippen LogP contribution in [0, 0.1) is 0 Å². The largest absolute Gasteiger partial charge is 0.503 e. The van der Waals surface area contributed by atoms with Gasteiger partial charge in [0.2, 0.25) is 0 Å². The van der Waals surface area contributed by atoms with E-state index in [2.05, 4.69) is 11.2 Å². The van der Waals surface area contributed by atoms with E-state index in [1.807, 2.05) is 49.4 Å². The lowest BCUT2D eigenvalue weighted by atomic mass is 10.0. The van der Waals surface area contributed by atoms with Gasteiger partial charge in [0.25, 0.3) is 0 Å². The van der Waals surface area contributed by atoms with Crippen LogP contribution in [0.1, 0.15) is 29.2 Å². The first-order valence-corrected chi connectivity index (χ1v) is 9.47. The van der Waals surface area contributed by atoms with Crippen molar-refractivity contribution in [2.75, 3.05) is 14.2 Å². The number of ether oxygens (including phenoxy) is 2. The minimum Gasteiger partial charge on any atom is -0.503 e. The number of allylic oxidation sites excluding steroid dienone is 1. The molecule has 0 N–H and O–H groups in total. The van der Waals surface area contributed by atoms with Crippen LogP contribution in [0.3, 0.4) is 0 Å². The third kappa shape index (κ3) is 4.69. The van der Waals surface area contributed by atoms with Crippen molar-refractivity contribution in [2.24, 2.45) is 5.16 Å². The summed E-state index contributed by atoms with van der Waals surface area (Å²) in [6.07, 6.45) is 4.18. The summed E-state index contributed by atoms with van der Waals surface area (Å²) in [6, 6.07) is 13.3. The van der Waals surface area contributed by atoms with Gasteiger partial charge in [-0.1, -0.05) is 53.2 Å². The topological polar surface area (TPSA) is 57.1 Å². The molecule has 0 heterocycles. The van der Waals surface area contributed by atoms with E-state index in [1.165, 1.54) is 26.0 Å². The smallest absolute Gasteiger partial charge is 0.341 e. The van der Waals surface area contributed by atoms with Crippen molar-refractivity contribution in [3.63, 3.8) is 0 Å². The fourth-order valence-electron chi connectivity index (χ4n) is 3.18. The van der Waals surface area contributed by atoms with E-state index in [-0.39, 0.29) is 6.61 Å². The Morgan fingerprint density at radius 1 is 1.17 bits per heavy atom. The van der Waals surface area contributed by atoms with Crippen LogP contribution in [0.2, 0.25) is 5.02 Å². The van der Waals surface area contributed by atoms with Gasteiger partial charge in [-0.25, -0.2) is 4.79 Å². The summed E-state index contributed by atoms with van der Waals surface area (Å²) >= 11 is 6.27. The summed E-state index contributed by atoms with van der Waals surface area (Å²) in [5.74, 6) is -0.482. The van der Waals surface area contributed by atoms with Crippen LogP contribution in [0.4, 0.5) is 0 Å². The Morgan fingerprint density at radius 2 is 1.97 bits per heavy atom. The SMILES string of the molecule is CO/C=C(/C(=O)OC)c1ccccc1CO/N=C(\C)C1=Cc2c(Cl)cccc2C1. The molecular formula is C23H22ClNO4. The molecule has 0 aromatic heterocycles. The molecule has 0 unspecified atom stereocenters. The Labute approximate surface area is 175 Å². The van der Waals surface area contributed by atoms with Crippen LogP contribution in [0.15, 0.2) is 59.5 Å². The lowest BCUT2D eigenvalue weighted by Crippen LogP contribution is -2.07. The maximum atomic E-state index is 12.1. The fraction of sp³-hybridized carbons (Fsp3) is 0.217. The zero-order valence-electron chi connectivity index (χ0n) is 16.6. The van der Waals surface area contributed by atoms with E-state index < -0.39 is 5.97 Å². The molecule has 0 spiro atoms.